The lowest BCUT2D eigenvalue weighted by Gasteiger charge is -2.21. The van der Waals surface area contributed by atoms with Crippen molar-refractivity contribution in [2.45, 2.75) is 12.8 Å². The lowest BCUT2D eigenvalue weighted by atomic mass is 9.99. The molecule has 1 saturated heterocycles. The number of methoxy groups -OCH3 is 1. The van der Waals surface area contributed by atoms with Crippen molar-refractivity contribution in [1.82, 2.24) is 5.32 Å². The van der Waals surface area contributed by atoms with Gasteiger partial charge in [-0.25, -0.2) is 0 Å². The standard InChI is InChI=1S/C13H18N2O2.ClH/c1-17-12-6-2-5-11(8-12)15-13(16)10-4-3-7-14-9-10;/h2,5-6,8,10,14H,3-4,7,9H2,1H3,(H,15,16);1H. The molecule has 0 spiro atoms. The molecule has 1 fully saturated rings. The Balaban J connectivity index is 0.00000162. The number of piperidine rings is 1. The fourth-order valence-electron chi connectivity index (χ4n) is 2.02. The van der Waals surface area contributed by atoms with Gasteiger partial charge in [0, 0.05) is 18.3 Å². The van der Waals surface area contributed by atoms with Crippen molar-refractivity contribution in [3.05, 3.63) is 24.3 Å². The molecule has 1 amide bonds. The molecule has 18 heavy (non-hydrogen) atoms. The molecule has 1 aromatic rings. The highest BCUT2D eigenvalue weighted by molar-refractivity contribution is 5.92. The number of halogens is 1. The number of anilines is 1. The summed E-state index contributed by atoms with van der Waals surface area (Å²) >= 11 is 0. The molecule has 0 aromatic heterocycles. The molecule has 1 atom stereocenters. The monoisotopic (exact) mass is 270 g/mol. The highest BCUT2D eigenvalue weighted by Crippen LogP contribution is 2.18. The minimum absolute atomic E-state index is 0. The molecule has 0 bridgehead atoms. The maximum atomic E-state index is 12.0. The first-order valence-corrected chi connectivity index (χ1v) is 5.95. The smallest absolute Gasteiger partial charge is 0.228 e. The Morgan fingerprint density at radius 2 is 2.33 bits per heavy atom. The van der Waals surface area contributed by atoms with E-state index in [2.05, 4.69) is 10.6 Å². The van der Waals surface area contributed by atoms with Crippen LogP contribution in [0.1, 0.15) is 12.8 Å². The first-order chi connectivity index (χ1) is 8.29. The SMILES string of the molecule is COc1cccc(NC(=O)C2CCCNC2)c1.Cl. The summed E-state index contributed by atoms with van der Waals surface area (Å²) in [6.45, 7) is 1.79. The van der Waals surface area contributed by atoms with Crippen LogP contribution in [0.15, 0.2) is 24.3 Å². The molecule has 1 aromatic carbocycles. The van der Waals surface area contributed by atoms with Crippen molar-refractivity contribution in [2.75, 3.05) is 25.5 Å². The van der Waals surface area contributed by atoms with E-state index in [1.54, 1.807) is 7.11 Å². The summed E-state index contributed by atoms with van der Waals surface area (Å²) < 4.78 is 5.12. The molecule has 2 rings (SSSR count). The minimum Gasteiger partial charge on any atom is -0.497 e. The average Bonchev–Trinajstić information content (AvgIpc) is 2.40. The number of amides is 1. The van der Waals surface area contributed by atoms with Gasteiger partial charge in [-0.2, -0.15) is 0 Å². The van der Waals surface area contributed by atoms with Gasteiger partial charge in [0.25, 0.3) is 0 Å². The Hall–Kier alpha value is -1.26. The van der Waals surface area contributed by atoms with Crippen LogP contribution in [0, 0.1) is 5.92 Å². The Labute approximate surface area is 114 Å². The zero-order valence-electron chi connectivity index (χ0n) is 10.4. The predicted octanol–water partition coefficient (Wildman–Crippen LogP) is 2.06. The van der Waals surface area contributed by atoms with Crippen LogP contribution < -0.4 is 15.4 Å². The average molecular weight is 271 g/mol. The molecular formula is C13H19ClN2O2. The molecule has 100 valence electrons. The number of hydrogen-bond acceptors (Lipinski definition) is 3. The number of rotatable bonds is 3. The van der Waals surface area contributed by atoms with Crippen LogP contribution in [0.2, 0.25) is 0 Å². The number of nitrogens with one attached hydrogen (secondary N) is 2. The second-order valence-corrected chi connectivity index (χ2v) is 4.26. The Morgan fingerprint density at radius 1 is 1.50 bits per heavy atom. The van der Waals surface area contributed by atoms with Crippen LogP contribution in [0.5, 0.6) is 5.75 Å². The van der Waals surface area contributed by atoms with Gasteiger partial charge in [0.15, 0.2) is 0 Å². The Kier molecular flexibility index (Phi) is 5.95. The molecule has 2 N–H and O–H groups in total. The molecule has 0 saturated carbocycles. The van der Waals surface area contributed by atoms with E-state index in [-0.39, 0.29) is 24.2 Å². The zero-order chi connectivity index (χ0) is 12.1. The summed E-state index contributed by atoms with van der Waals surface area (Å²) in [5, 5.41) is 6.17. The van der Waals surface area contributed by atoms with Crippen LogP contribution in [0.3, 0.4) is 0 Å². The summed E-state index contributed by atoms with van der Waals surface area (Å²) in [5.41, 5.74) is 0.792. The number of carbonyl (C=O) groups is 1. The fourth-order valence-corrected chi connectivity index (χ4v) is 2.02. The summed E-state index contributed by atoms with van der Waals surface area (Å²) in [7, 11) is 1.62. The van der Waals surface area contributed by atoms with Gasteiger partial charge in [-0.1, -0.05) is 6.07 Å². The van der Waals surface area contributed by atoms with E-state index in [1.165, 1.54) is 0 Å². The maximum Gasteiger partial charge on any atom is 0.228 e. The van der Waals surface area contributed by atoms with Gasteiger partial charge in [0.05, 0.1) is 13.0 Å². The van der Waals surface area contributed by atoms with E-state index in [0.29, 0.717) is 0 Å². The third-order valence-corrected chi connectivity index (χ3v) is 3.00. The second-order valence-electron chi connectivity index (χ2n) is 4.26. The molecule has 0 radical (unpaired) electrons. The van der Waals surface area contributed by atoms with Crippen molar-refractivity contribution in [1.29, 1.82) is 0 Å². The van der Waals surface area contributed by atoms with E-state index in [9.17, 15) is 4.79 Å². The Morgan fingerprint density at radius 3 is 3.00 bits per heavy atom. The van der Waals surface area contributed by atoms with Gasteiger partial charge in [-0.15, -0.1) is 12.4 Å². The third kappa shape index (κ3) is 3.89. The van der Waals surface area contributed by atoms with Gasteiger partial charge in [-0.05, 0) is 31.5 Å². The fraction of sp³-hybridized carbons (Fsp3) is 0.462. The summed E-state index contributed by atoms with van der Waals surface area (Å²) in [6, 6.07) is 7.43. The van der Waals surface area contributed by atoms with Gasteiger partial charge >= 0.3 is 0 Å². The lowest BCUT2D eigenvalue weighted by molar-refractivity contribution is -0.120. The number of ether oxygens (including phenoxy) is 1. The lowest BCUT2D eigenvalue weighted by Crippen LogP contribution is -2.37. The van der Waals surface area contributed by atoms with Gasteiger partial charge < -0.3 is 15.4 Å². The predicted molar refractivity (Wildman–Crippen MR) is 74.5 cm³/mol. The van der Waals surface area contributed by atoms with Crippen LogP contribution in [0.4, 0.5) is 5.69 Å². The third-order valence-electron chi connectivity index (χ3n) is 3.00. The summed E-state index contributed by atoms with van der Waals surface area (Å²) in [6.07, 6.45) is 2.03. The molecule has 1 heterocycles. The van der Waals surface area contributed by atoms with Crippen molar-refractivity contribution in [3.8, 4) is 5.75 Å². The minimum atomic E-state index is 0. The van der Waals surface area contributed by atoms with E-state index in [0.717, 1.165) is 37.4 Å². The van der Waals surface area contributed by atoms with Gasteiger partial charge in [0.2, 0.25) is 5.91 Å². The van der Waals surface area contributed by atoms with Crippen molar-refractivity contribution in [3.63, 3.8) is 0 Å². The van der Waals surface area contributed by atoms with Crippen LogP contribution >= 0.6 is 12.4 Å². The first-order valence-electron chi connectivity index (χ1n) is 5.95. The first kappa shape index (κ1) is 14.8. The summed E-state index contributed by atoms with van der Waals surface area (Å²) in [5.74, 6) is 0.921. The molecule has 1 aliphatic rings. The second kappa shape index (κ2) is 7.24. The van der Waals surface area contributed by atoms with Crippen molar-refractivity contribution >= 4 is 24.0 Å². The largest absolute Gasteiger partial charge is 0.497 e. The molecule has 1 aliphatic heterocycles. The summed E-state index contributed by atoms with van der Waals surface area (Å²) in [4.78, 5) is 12.0. The number of hydrogen-bond donors (Lipinski definition) is 2. The molecule has 0 aliphatic carbocycles. The van der Waals surface area contributed by atoms with Gasteiger partial charge in [0.1, 0.15) is 5.75 Å². The van der Waals surface area contributed by atoms with E-state index in [1.807, 2.05) is 24.3 Å². The van der Waals surface area contributed by atoms with Crippen molar-refractivity contribution < 1.29 is 9.53 Å². The van der Waals surface area contributed by atoms with Crippen LogP contribution in [0.25, 0.3) is 0 Å². The number of carbonyl (C=O) groups excluding carboxylic acids is 1. The van der Waals surface area contributed by atoms with Crippen LogP contribution in [-0.2, 0) is 4.79 Å². The highest BCUT2D eigenvalue weighted by atomic mass is 35.5. The molecule has 4 nitrogen and oxygen atoms in total. The maximum absolute atomic E-state index is 12.0. The molecule has 1 unspecified atom stereocenters. The van der Waals surface area contributed by atoms with Crippen LogP contribution in [-0.4, -0.2) is 26.1 Å². The molecular weight excluding hydrogens is 252 g/mol. The topological polar surface area (TPSA) is 50.4 Å². The molecule has 5 heteroatoms. The van der Waals surface area contributed by atoms with E-state index < -0.39 is 0 Å². The zero-order valence-corrected chi connectivity index (χ0v) is 11.3. The normalized spacial score (nSPS) is 18.6. The Bertz CT molecular complexity index is 392. The number of benzene rings is 1. The highest BCUT2D eigenvalue weighted by Gasteiger charge is 2.20. The van der Waals surface area contributed by atoms with E-state index >= 15 is 0 Å². The van der Waals surface area contributed by atoms with E-state index in [4.69, 9.17) is 4.74 Å². The van der Waals surface area contributed by atoms with Crippen molar-refractivity contribution in [2.24, 2.45) is 5.92 Å². The quantitative estimate of drug-likeness (QED) is 0.884. The van der Waals surface area contributed by atoms with Gasteiger partial charge in [-0.3, -0.25) is 4.79 Å².